The van der Waals surface area contributed by atoms with E-state index in [1.165, 1.54) is 19.3 Å². The summed E-state index contributed by atoms with van der Waals surface area (Å²) in [5.74, 6) is -0.777. The van der Waals surface area contributed by atoms with Crippen molar-refractivity contribution in [3.05, 3.63) is 0 Å². The average Bonchev–Trinajstić information content (AvgIpc) is 2.25. The molecule has 0 saturated heterocycles. The molecule has 0 aromatic heterocycles. The highest BCUT2D eigenvalue weighted by Crippen LogP contribution is 1.96. The van der Waals surface area contributed by atoms with Crippen LogP contribution in [0.1, 0.15) is 39.0 Å². The van der Waals surface area contributed by atoms with Crippen LogP contribution in [0.5, 0.6) is 0 Å². The minimum atomic E-state index is -0.777. The van der Waals surface area contributed by atoms with Gasteiger partial charge in [-0.1, -0.05) is 26.2 Å². The Morgan fingerprint density at radius 3 is 2.06 bits per heavy atom. The van der Waals surface area contributed by atoms with Crippen LogP contribution in [0.3, 0.4) is 0 Å². The monoisotopic (exact) mass is 235 g/mol. The smallest absolute Gasteiger partial charge is 0.317 e. The summed E-state index contributed by atoms with van der Waals surface area (Å²) in [4.78, 5) is 10.0. The van der Waals surface area contributed by atoms with E-state index in [1.807, 2.05) is 0 Å². The molecule has 5 nitrogen and oxygen atoms in total. The second-order valence-electron chi connectivity index (χ2n) is 3.43. The molecule has 0 aromatic carbocycles. The van der Waals surface area contributed by atoms with Crippen molar-refractivity contribution in [1.29, 1.82) is 0 Å². The summed E-state index contributed by atoms with van der Waals surface area (Å²) in [6, 6.07) is 0. The number of unbranched alkanes of at least 4 members (excludes halogenated alkanes) is 3. The summed E-state index contributed by atoms with van der Waals surface area (Å²) in [7, 11) is 0. The van der Waals surface area contributed by atoms with Crippen molar-refractivity contribution in [2.45, 2.75) is 39.0 Å². The minimum Gasteiger partial charge on any atom is -0.480 e. The Balaban J connectivity index is 0. The van der Waals surface area contributed by atoms with Crippen molar-refractivity contribution in [2.75, 3.05) is 26.3 Å². The Labute approximate surface area is 97.5 Å². The van der Waals surface area contributed by atoms with Gasteiger partial charge in [-0.15, -0.1) is 0 Å². The highest BCUT2D eigenvalue weighted by molar-refractivity contribution is 5.68. The van der Waals surface area contributed by atoms with Gasteiger partial charge in [0.05, 0.1) is 6.54 Å². The van der Waals surface area contributed by atoms with E-state index in [4.69, 9.17) is 15.3 Å². The van der Waals surface area contributed by atoms with E-state index >= 15 is 0 Å². The van der Waals surface area contributed by atoms with Crippen molar-refractivity contribution in [1.82, 2.24) is 5.32 Å². The molecule has 0 heterocycles. The van der Waals surface area contributed by atoms with Gasteiger partial charge >= 0.3 is 5.97 Å². The van der Waals surface area contributed by atoms with E-state index in [0.717, 1.165) is 13.0 Å². The zero-order valence-electron chi connectivity index (χ0n) is 10.1. The van der Waals surface area contributed by atoms with Gasteiger partial charge in [0.2, 0.25) is 0 Å². The van der Waals surface area contributed by atoms with Gasteiger partial charge in [0, 0.05) is 13.2 Å². The molecule has 0 aromatic rings. The number of aliphatic hydroxyl groups is 2. The number of aliphatic carboxylic acids is 1. The lowest BCUT2D eigenvalue weighted by Crippen LogP contribution is -2.23. The Kier molecular flexibility index (Phi) is 18.6. The van der Waals surface area contributed by atoms with Crippen molar-refractivity contribution in [3.63, 3.8) is 0 Å². The zero-order chi connectivity index (χ0) is 12.6. The molecular weight excluding hydrogens is 210 g/mol. The first-order valence-corrected chi connectivity index (χ1v) is 5.83. The second kappa shape index (κ2) is 16.8. The van der Waals surface area contributed by atoms with Gasteiger partial charge in [-0.3, -0.25) is 4.79 Å². The van der Waals surface area contributed by atoms with Crippen LogP contribution >= 0.6 is 0 Å². The Morgan fingerprint density at radius 1 is 1.06 bits per heavy atom. The summed E-state index contributed by atoms with van der Waals surface area (Å²) >= 11 is 0. The number of nitrogens with one attached hydrogen (secondary N) is 1. The molecule has 5 heteroatoms. The van der Waals surface area contributed by atoms with Gasteiger partial charge in [0.25, 0.3) is 0 Å². The molecule has 0 amide bonds. The van der Waals surface area contributed by atoms with Crippen LogP contribution in [0.4, 0.5) is 0 Å². The first-order valence-electron chi connectivity index (χ1n) is 5.83. The zero-order valence-corrected chi connectivity index (χ0v) is 10.1. The highest BCUT2D eigenvalue weighted by Gasteiger charge is 1.93. The van der Waals surface area contributed by atoms with E-state index in [2.05, 4.69) is 12.2 Å². The third-order valence-corrected chi connectivity index (χ3v) is 1.80. The molecule has 0 unspecified atom stereocenters. The number of carboxylic acids is 1. The fourth-order valence-corrected chi connectivity index (χ4v) is 0.943. The van der Waals surface area contributed by atoms with Crippen LogP contribution in [-0.2, 0) is 4.79 Å². The molecule has 0 aliphatic carbocycles. The van der Waals surface area contributed by atoms with Gasteiger partial charge < -0.3 is 20.6 Å². The fourth-order valence-electron chi connectivity index (χ4n) is 0.943. The lowest BCUT2D eigenvalue weighted by molar-refractivity contribution is -0.135. The largest absolute Gasteiger partial charge is 0.480 e. The van der Waals surface area contributed by atoms with Crippen LogP contribution < -0.4 is 5.32 Å². The average molecular weight is 235 g/mol. The van der Waals surface area contributed by atoms with Crippen LogP contribution in [0, 0.1) is 0 Å². The molecule has 0 aliphatic rings. The Hall–Kier alpha value is -0.650. The number of rotatable bonds is 9. The number of carboxylic acid groups (broad SMARTS) is 1. The minimum absolute atomic E-state index is 0.0894. The summed E-state index contributed by atoms with van der Waals surface area (Å²) in [5.41, 5.74) is 0. The van der Waals surface area contributed by atoms with Crippen LogP contribution in [-0.4, -0.2) is 47.6 Å². The normalized spacial score (nSPS) is 9.44. The molecule has 0 radical (unpaired) electrons. The summed E-state index contributed by atoms with van der Waals surface area (Å²) in [6.45, 7) is 3.26. The molecule has 0 fully saturated rings. The third kappa shape index (κ3) is 23.3. The molecule has 16 heavy (non-hydrogen) atoms. The van der Waals surface area contributed by atoms with Crippen molar-refractivity contribution in [3.8, 4) is 0 Å². The lowest BCUT2D eigenvalue weighted by Gasteiger charge is -1.99. The molecule has 0 spiro atoms. The van der Waals surface area contributed by atoms with E-state index in [1.54, 1.807) is 0 Å². The predicted molar refractivity (Wildman–Crippen MR) is 63.4 cm³/mol. The van der Waals surface area contributed by atoms with E-state index < -0.39 is 5.97 Å². The quantitative estimate of drug-likeness (QED) is 0.439. The first-order chi connectivity index (χ1) is 7.68. The number of carbonyl (C=O) groups is 1. The SMILES string of the molecule is CCCCCCNCC(=O)O.OCCCO. The molecule has 0 rings (SSSR count). The third-order valence-electron chi connectivity index (χ3n) is 1.80. The van der Waals surface area contributed by atoms with E-state index in [-0.39, 0.29) is 19.8 Å². The summed E-state index contributed by atoms with van der Waals surface area (Å²) in [6.07, 6.45) is 5.25. The van der Waals surface area contributed by atoms with Crippen molar-refractivity contribution in [2.24, 2.45) is 0 Å². The molecule has 0 saturated carbocycles. The predicted octanol–water partition coefficient (Wildman–Crippen LogP) is 0.602. The Morgan fingerprint density at radius 2 is 1.69 bits per heavy atom. The van der Waals surface area contributed by atoms with Gasteiger partial charge in [0.1, 0.15) is 0 Å². The first kappa shape index (κ1) is 17.7. The van der Waals surface area contributed by atoms with Gasteiger partial charge in [-0.2, -0.15) is 0 Å². The highest BCUT2D eigenvalue weighted by atomic mass is 16.4. The molecule has 0 atom stereocenters. The maximum Gasteiger partial charge on any atom is 0.317 e. The van der Waals surface area contributed by atoms with Crippen LogP contribution in [0.15, 0.2) is 0 Å². The summed E-state index contributed by atoms with van der Waals surface area (Å²) < 4.78 is 0. The second-order valence-corrected chi connectivity index (χ2v) is 3.43. The standard InChI is InChI=1S/C8H17NO2.C3H8O2/c1-2-3-4-5-6-9-7-8(10)11;4-2-1-3-5/h9H,2-7H2,1H3,(H,10,11);4-5H,1-3H2. The van der Waals surface area contributed by atoms with Gasteiger partial charge in [-0.25, -0.2) is 0 Å². The van der Waals surface area contributed by atoms with Gasteiger partial charge in [-0.05, 0) is 19.4 Å². The number of hydrogen-bond acceptors (Lipinski definition) is 4. The van der Waals surface area contributed by atoms with E-state index in [9.17, 15) is 4.79 Å². The Bertz CT molecular complexity index is 140. The number of hydrogen-bond donors (Lipinski definition) is 4. The lowest BCUT2D eigenvalue weighted by atomic mass is 10.2. The maximum atomic E-state index is 10.0. The number of aliphatic hydroxyl groups excluding tert-OH is 2. The maximum absolute atomic E-state index is 10.0. The van der Waals surface area contributed by atoms with Crippen molar-refractivity contribution >= 4 is 5.97 Å². The topological polar surface area (TPSA) is 89.8 Å². The summed E-state index contributed by atoms with van der Waals surface area (Å²) in [5, 5.41) is 26.9. The van der Waals surface area contributed by atoms with Crippen LogP contribution in [0.2, 0.25) is 0 Å². The molecular formula is C11H25NO4. The van der Waals surface area contributed by atoms with Gasteiger partial charge in [0.15, 0.2) is 0 Å². The molecule has 4 N–H and O–H groups in total. The molecule has 0 bridgehead atoms. The fraction of sp³-hybridized carbons (Fsp3) is 0.909. The van der Waals surface area contributed by atoms with E-state index in [0.29, 0.717) is 6.42 Å². The molecule has 98 valence electrons. The van der Waals surface area contributed by atoms with Crippen LogP contribution in [0.25, 0.3) is 0 Å². The molecule has 0 aliphatic heterocycles. The van der Waals surface area contributed by atoms with Crippen molar-refractivity contribution < 1.29 is 20.1 Å².